The highest BCUT2D eigenvalue weighted by Crippen LogP contribution is 2.32. The van der Waals surface area contributed by atoms with Gasteiger partial charge in [-0.05, 0) is 52.7 Å². The Hall–Kier alpha value is -1.53. The molecule has 0 saturated carbocycles. The van der Waals surface area contributed by atoms with Gasteiger partial charge in [-0.15, -0.1) is 0 Å². The van der Waals surface area contributed by atoms with Crippen molar-refractivity contribution in [2.75, 3.05) is 17.3 Å². The Morgan fingerprint density at radius 3 is 2.45 bits per heavy atom. The van der Waals surface area contributed by atoms with Crippen molar-refractivity contribution in [3.63, 3.8) is 0 Å². The van der Waals surface area contributed by atoms with Gasteiger partial charge in [-0.2, -0.15) is 0 Å². The molecular weight excluding hydrogens is 340 g/mol. The first-order valence-electron chi connectivity index (χ1n) is 5.91. The van der Waals surface area contributed by atoms with Gasteiger partial charge in [0.15, 0.2) is 9.84 Å². The van der Waals surface area contributed by atoms with Crippen molar-refractivity contribution in [1.29, 1.82) is 0 Å². The standard InChI is InChI=1S/C14H15BrN2O2S/c1-9-6-7-11(10(15)8-9)17-12-4-3-5-13(14(12)16)20(2,18)19/h3-8,17H,16H2,1-2H3. The Labute approximate surface area is 127 Å². The number of rotatable bonds is 3. The van der Waals surface area contributed by atoms with Gasteiger partial charge in [-0.3, -0.25) is 0 Å². The third-order valence-corrected chi connectivity index (χ3v) is 4.67. The summed E-state index contributed by atoms with van der Waals surface area (Å²) in [6, 6.07) is 10.8. The highest BCUT2D eigenvalue weighted by Gasteiger charge is 2.14. The predicted octanol–water partition coefficient (Wildman–Crippen LogP) is 3.49. The van der Waals surface area contributed by atoms with Gasteiger partial charge in [0.1, 0.15) is 0 Å². The summed E-state index contributed by atoms with van der Waals surface area (Å²) >= 11 is 3.47. The van der Waals surface area contributed by atoms with Crippen LogP contribution >= 0.6 is 15.9 Å². The average molecular weight is 355 g/mol. The SMILES string of the molecule is Cc1ccc(Nc2cccc(S(C)(=O)=O)c2N)c(Br)c1. The third-order valence-electron chi connectivity index (χ3n) is 2.86. The Morgan fingerprint density at radius 1 is 1.15 bits per heavy atom. The van der Waals surface area contributed by atoms with Crippen LogP contribution in [0.5, 0.6) is 0 Å². The number of nitrogens with two attached hydrogens (primary N) is 1. The zero-order chi connectivity index (χ0) is 14.9. The summed E-state index contributed by atoms with van der Waals surface area (Å²) in [7, 11) is -3.34. The van der Waals surface area contributed by atoms with Gasteiger partial charge < -0.3 is 11.1 Å². The van der Waals surface area contributed by atoms with E-state index in [0.29, 0.717) is 5.69 Å². The zero-order valence-corrected chi connectivity index (χ0v) is 13.5. The molecule has 0 heterocycles. The summed E-state index contributed by atoms with van der Waals surface area (Å²) in [4.78, 5) is 0.130. The van der Waals surface area contributed by atoms with E-state index in [2.05, 4.69) is 21.2 Å². The third kappa shape index (κ3) is 3.13. The minimum Gasteiger partial charge on any atom is -0.396 e. The molecule has 0 aliphatic carbocycles. The summed E-state index contributed by atoms with van der Waals surface area (Å²) in [5.41, 5.74) is 8.68. The van der Waals surface area contributed by atoms with Crippen LogP contribution in [-0.4, -0.2) is 14.7 Å². The molecule has 0 aliphatic heterocycles. The van der Waals surface area contributed by atoms with Crippen LogP contribution in [-0.2, 0) is 9.84 Å². The highest BCUT2D eigenvalue weighted by atomic mass is 79.9. The van der Waals surface area contributed by atoms with Crippen molar-refractivity contribution < 1.29 is 8.42 Å². The van der Waals surface area contributed by atoms with Gasteiger partial charge in [0.25, 0.3) is 0 Å². The molecule has 2 aromatic rings. The molecule has 106 valence electrons. The number of sulfone groups is 1. The van der Waals surface area contributed by atoms with Crippen LogP contribution in [0.2, 0.25) is 0 Å². The van der Waals surface area contributed by atoms with Crippen molar-refractivity contribution in [3.05, 3.63) is 46.4 Å². The number of nitrogens with one attached hydrogen (secondary N) is 1. The molecule has 0 amide bonds. The van der Waals surface area contributed by atoms with Gasteiger partial charge in [0, 0.05) is 10.7 Å². The van der Waals surface area contributed by atoms with E-state index in [4.69, 9.17) is 5.73 Å². The molecule has 0 bridgehead atoms. The van der Waals surface area contributed by atoms with Crippen LogP contribution in [0, 0.1) is 6.92 Å². The normalized spacial score (nSPS) is 11.3. The molecule has 0 atom stereocenters. The second-order valence-electron chi connectivity index (χ2n) is 4.60. The molecule has 0 fully saturated rings. The first-order valence-corrected chi connectivity index (χ1v) is 8.59. The Balaban J connectivity index is 2.45. The number of anilines is 3. The van der Waals surface area contributed by atoms with Crippen LogP contribution in [0.15, 0.2) is 45.8 Å². The minimum absolute atomic E-state index is 0.130. The van der Waals surface area contributed by atoms with Crippen molar-refractivity contribution in [2.24, 2.45) is 0 Å². The van der Waals surface area contributed by atoms with Crippen LogP contribution in [0.25, 0.3) is 0 Å². The first kappa shape index (κ1) is 14.9. The lowest BCUT2D eigenvalue weighted by Gasteiger charge is -2.13. The fourth-order valence-electron chi connectivity index (χ4n) is 1.84. The number of halogens is 1. The lowest BCUT2D eigenvalue weighted by molar-refractivity contribution is 0.602. The monoisotopic (exact) mass is 354 g/mol. The maximum absolute atomic E-state index is 11.7. The molecule has 0 unspecified atom stereocenters. The summed E-state index contributed by atoms with van der Waals surface area (Å²) < 4.78 is 24.2. The lowest BCUT2D eigenvalue weighted by atomic mass is 10.2. The molecule has 0 spiro atoms. The van der Waals surface area contributed by atoms with Gasteiger partial charge in [0.2, 0.25) is 0 Å². The van der Waals surface area contributed by atoms with Gasteiger partial charge in [0.05, 0.1) is 22.0 Å². The fraction of sp³-hybridized carbons (Fsp3) is 0.143. The van der Waals surface area contributed by atoms with E-state index in [1.54, 1.807) is 12.1 Å². The quantitative estimate of drug-likeness (QED) is 0.827. The maximum atomic E-state index is 11.7. The topological polar surface area (TPSA) is 72.2 Å². The van der Waals surface area contributed by atoms with Crippen molar-refractivity contribution >= 4 is 42.8 Å². The Bertz CT molecular complexity index is 758. The van der Waals surface area contributed by atoms with E-state index in [1.807, 2.05) is 25.1 Å². The van der Waals surface area contributed by atoms with Gasteiger partial charge in [-0.1, -0.05) is 12.1 Å². The van der Waals surface area contributed by atoms with E-state index in [1.165, 1.54) is 6.07 Å². The molecule has 4 nitrogen and oxygen atoms in total. The molecular formula is C14H15BrN2O2S. The van der Waals surface area contributed by atoms with Crippen LogP contribution in [0.4, 0.5) is 17.1 Å². The number of hydrogen-bond acceptors (Lipinski definition) is 4. The molecule has 2 aromatic carbocycles. The number of hydrogen-bond donors (Lipinski definition) is 2. The molecule has 20 heavy (non-hydrogen) atoms. The van der Waals surface area contributed by atoms with Crippen molar-refractivity contribution in [2.45, 2.75) is 11.8 Å². The molecule has 3 N–H and O–H groups in total. The minimum atomic E-state index is -3.34. The molecule has 6 heteroatoms. The second-order valence-corrected chi connectivity index (χ2v) is 7.44. The van der Waals surface area contributed by atoms with Gasteiger partial charge >= 0.3 is 0 Å². The van der Waals surface area contributed by atoms with Crippen LogP contribution in [0.1, 0.15) is 5.56 Å². The molecule has 2 rings (SSSR count). The number of benzene rings is 2. The summed E-state index contributed by atoms with van der Waals surface area (Å²) in [5, 5.41) is 3.14. The number of nitrogen functional groups attached to an aromatic ring is 1. The number of aryl methyl sites for hydroxylation is 1. The van der Waals surface area contributed by atoms with Gasteiger partial charge in [-0.25, -0.2) is 8.42 Å². The van der Waals surface area contributed by atoms with E-state index in [0.717, 1.165) is 22.0 Å². The van der Waals surface area contributed by atoms with Crippen LogP contribution < -0.4 is 11.1 Å². The Morgan fingerprint density at radius 2 is 1.85 bits per heavy atom. The fourth-order valence-corrected chi connectivity index (χ4v) is 3.27. The lowest BCUT2D eigenvalue weighted by Crippen LogP contribution is -2.05. The van der Waals surface area contributed by atoms with Crippen molar-refractivity contribution in [1.82, 2.24) is 0 Å². The largest absolute Gasteiger partial charge is 0.396 e. The smallest absolute Gasteiger partial charge is 0.177 e. The van der Waals surface area contributed by atoms with E-state index in [-0.39, 0.29) is 10.6 Å². The molecule has 0 radical (unpaired) electrons. The summed E-state index contributed by atoms with van der Waals surface area (Å²) in [6.45, 7) is 1.99. The summed E-state index contributed by atoms with van der Waals surface area (Å²) in [6.07, 6.45) is 1.14. The molecule has 0 saturated heterocycles. The highest BCUT2D eigenvalue weighted by molar-refractivity contribution is 9.10. The zero-order valence-electron chi connectivity index (χ0n) is 11.1. The van der Waals surface area contributed by atoms with E-state index >= 15 is 0 Å². The molecule has 0 aliphatic rings. The predicted molar refractivity (Wildman–Crippen MR) is 86.1 cm³/mol. The van der Waals surface area contributed by atoms with Crippen molar-refractivity contribution in [3.8, 4) is 0 Å². The summed E-state index contributed by atoms with van der Waals surface area (Å²) in [5.74, 6) is 0. The molecule has 0 aromatic heterocycles. The van der Waals surface area contributed by atoms with Crippen LogP contribution in [0.3, 0.4) is 0 Å². The first-order chi connectivity index (χ1) is 9.29. The Kier molecular flexibility index (Phi) is 4.06. The number of para-hydroxylation sites is 1. The maximum Gasteiger partial charge on any atom is 0.177 e. The van der Waals surface area contributed by atoms with E-state index in [9.17, 15) is 8.42 Å². The van der Waals surface area contributed by atoms with E-state index < -0.39 is 9.84 Å². The average Bonchev–Trinajstić information content (AvgIpc) is 2.33. The second kappa shape index (κ2) is 5.46.